The second-order valence-corrected chi connectivity index (χ2v) is 9.27. The van der Waals surface area contributed by atoms with Crippen LogP contribution in [0.4, 0.5) is 52.7 Å². The standard InChI is InChI=1S/C26H39F12NO9/c1-41-7-9-45-15-17-47-13-11-43-5-3-39(4-6-44-12-14-48-18-16-46-10-8-42-2)21(40)19-20(27)22(28,29)23(30,31)24(32,33)25(34,35)26(36,37)38/h19H,3-18H2,1-2H3/b20-19-. The predicted molar refractivity (Wildman–Crippen MR) is 140 cm³/mol. The predicted octanol–water partition coefficient (Wildman–Crippen LogP) is 4.16. The van der Waals surface area contributed by atoms with Crippen LogP contribution in [-0.2, 0) is 42.7 Å². The molecule has 10 nitrogen and oxygen atoms in total. The van der Waals surface area contributed by atoms with Crippen molar-refractivity contribution < 1.29 is 95.4 Å². The number of hydrogen-bond donors (Lipinski definition) is 0. The molecule has 0 bridgehead atoms. The summed E-state index contributed by atoms with van der Waals surface area (Å²) in [5, 5.41) is 0. The van der Waals surface area contributed by atoms with Crippen LogP contribution in [0, 0.1) is 0 Å². The molecular weight excluding hydrogens is 698 g/mol. The third kappa shape index (κ3) is 14.9. The van der Waals surface area contributed by atoms with Gasteiger partial charge < -0.3 is 42.8 Å². The molecule has 0 unspecified atom stereocenters. The zero-order valence-corrected chi connectivity index (χ0v) is 26.0. The molecule has 0 aliphatic heterocycles. The molecule has 0 saturated carbocycles. The van der Waals surface area contributed by atoms with Crippen molar-refractivity contribution in [3.8, 4) is 0 Å². The van der Waals surface area contributed by atoms with Crippen LogP contribution >= 0.6 is 0 Å². The van der Waals surface area contributed by atoms with Crippen LogP contribution in [0.5, 0.6) is 0 Å². The summed E-state index contributed by atoms with van der Waals surface area (Å²) in [4.78, 5) is 12.9. The van der Waals surface area contributed by atoms with Gasteiger partial charge in [0.2, 0.25) is 5.91 Å². The highest BCUT2D eigenvalue weighted by Crippen LogP contribution is 2.58. The third-order valence-corrected chi connectivity index (χ3v) is 5.76. The molecule has 0 aromatic rings. The summed E-state index contributed by atoms with van der Waals surface area (Å²) >= 11 is 0. The molecule has 22 heteroatoms. The minimum Gasteiger partial charge on any atom is -0.382 e. The average Bonchev–Trinajstić information content (AvgIpc) is 3.00. The van der Waals surface area contributed by atoms with Crippen LogP contribution in [-0.4, -0.2) is 160 Å². The quantitative estimate of drug-likeness (QED) is 0.0638. The van der Waals surface area contributed by atoms with E-state index in [4.69, 9.17) is 37.9 Å². The van der Waals surface area contributed by atoms with Gasteiger partial charge in [0.25, 0.3) is 0 Å². The molecule has 286 valence electrons. The van der Waals surface area contributed by atoms with Gasteiger partial charge in [-0.1, -0.05) is 0 Å². The molecule has 0 radical (unpaired) electrons. The normalized spacial score (nSPS) is 13.8. The van der Waals surface area contributed by atoms with E-state index in [9.17, 15) is 57.5 Å². The molecule has 0 aromatic carbocycles. The summed E-state index contributed by atoms with van der Waals surface area (Å²) in [6.45, 7) is 0.0375. The van der Waals surface area contributed by atoms with E-state index in [-0.39, 0.29) is 52.9 Å². The number of rotatable bonds is 29. The van der Waals surface area contributed by atoms with E-state index in [1.807, 2.05) is 0 Å². The smallest absolute Gasteiger partial charge is 0.382 e. The fraction of sp³-hybridized carbons (Fsp3) is 0.885. The summed E-state index contributed by atoms with van der Waals surface area (Å²) in [7, 11) is 2.96. The molecule has 0 saturated heterocycles. The van der Waals surface area contributed by atoms with Gasteiger partial charge in [-0.25, -0.2) is 4.39 Å². The van der Waals surface area contributed by atoms with Crippen LogP contribution in [0.25, 0.3) is 0 Å². The van der Waals surface area contributed by atoms with Crippen molar-refractivity contribution in [2.24, 2.45) is 0 Å². The Balaban J connectivity index is 5.35. The lowest BCUT2D eigenvalue weighted by atomic mass is 9.97. The summed E-state index contributed by atoms with van der Waals surface area (Å²) < 4.78 is 201. The molecule has 0 aliphatic carbocycles. The van der Waals surface area contributed by atoms with Gasteiger partial charge in [-0.3, -0.25) is 4.79 Å². The van der Waals surface area contributed by atoms with Crippen molar-refractivity contribution >= 4 is 5.91 Å². The van der Waals surface area contributed by atoms with Gasteiger partial charge in [0.05, 0.1) is 92.5 Å². The van der Waals surface area contributed by atoms with Crippen molar-refractivity contribution in [3.05, 3.63) is 11.9 Å². The van der Waals surface area contributed by atoms with E-state index in [1.54, 1.807) is 0 Å². The molecule has 0 spiro atoms. The largest absolute Gasteiger partial charge is 0.460 e. The number of allylic oxidation sites excluding steroid dienone is 1. The maximum Gasteiger partial charge on any atom is 0.460 e. The van der Waals surface area contributed by atoms with E-state index < -0.39 is 74.0 Å². The Bertz CT molecular complexity index is 886. The summed E-state index contributed by atoms with van der Waals surface area (Å²) in [6, 6.07) is 0. The number of carbonyl (C=O) groups excluding carboxylic acids is 1. The fourth-order valence-electron chi connectivity index (χ4n) is 3.06. The van der Waals surface area contributed by atoms with Crippen LogP contribution in [0.2, 0.25) is 0 Å². The molecule has 0 N–H and O–H groups in total. The summed E-state index contributed by atoms with van der Waals surface area (Å²) in [5.41, 5.74) is 0. The van der Waals surface area contributed by atoms with Gasteiger partial charge in [-0.15, -0.1) is 0 Å². The highest BCUT2D eigenvalue weighted by atomic mass is 19.4. The van der Waals surface area contributed by atoms with Crippen molar-refractivity contribution in [1.82, 2.24) is 4.90 Å². The van der Waals surface area contributed by atoms with E-state index in [1.165, 1.54) is 14.2 Å². The Morgan fingerprint density at radius 3 is 1.12 bits per heavy atom. The van der Waals surface area contributed by atoms with Crippen LogP contribution < -0.4 is 0 Å². The van der Waals surface area contributed by atoms with E-state index in [2.05, 4.69) is 0 Å². The van der Waals surface area contributed by atoms with Gasteiger partial charge in [-0.05, 0) is 0 Å². The topological polar surface area (TPSA) is 94.2 Å². The van der Waals surface area contributed by atoms with Crippen molar-refractivity contribution in [3.63, 3.8) is 0 Å². The monoisotopic (exact) mass is 737 g/mol. The lowest BCUT2D eigenvalue weighted by molar-refractivity contribution is -0.419. The second kappa shape index (κ2) is 22.7. The number of halogens is 12. The fourth-order valence-corrected chi connectivity index (χ4v) is 3.06. The van der Waals surface area contributed by atoms with E-state index >= 15 is 0 Å². The number of hydrogen-bond acceptors (Lipinski definition) is 9. The Kier molecular flexibility index (Phi) is 21.8. The number of alkyl halides is 11. The Hall–Kier alpha value is -1.95. The van der Waals surface area contributed by atoms with Gasteiger partial charge in [0.1, 0.15) is 0 Å². The molecule has 1 amide bonds. The molecular formula is C26H39F12NO9. The van der Waals surface area contributed by atoms with Crippen LogP contribution in [0.15, 0.2) is 11.9 Å². The zero-order valence-electron chi connectivity index (χ0n) is 26.0. The first-order valence-electron chi connectivity index (χ1n) is 14.0. The highest BCUT2D eigenvalue weighted by molar-refractivity contribution is 5.88. The zero-order chi connectivity index (χ0) is 36.9. The number of carbonyl (C=O) groups is 1. The molecule has 0 rings (SSSR count). The Morgan fingerprint density at radius 1 is 0.500 bits per heavy atom. The number of amides is 1. The maximum absolute atomic E-state index is 14.2. The lowest BCUT2D eigenvalue weighted by Crippen LogP contribution is -2.66. The molecule has 0 fully saturated rings. The van der Waals surface area contributed by atoms with Gasteiger partial charge in [0.15, 0.2) is 5.83 Å². The van der Waals surface area contributed by atoms with Crippen LogP contribution in [0.3, 0.4) is 0 Å². The van der Waals surface area contributed by atoms with Gasteiger partial charge in [0, 0.05) is 33.4 Å². The number of nitrogens with zero attached hydrogens (tertiary/aromatic N) is 1. The SMILES string of the molecule is COCCOCCOCCOCCN(CCOCCOCCOCCOC)C(=O)/C=C(\F)C(F)(F)C(F)(F)C(F)(F)C(F)(F)C(F)(F)F. The molecule has 48 heavy (non-hydrogen) atoms. The van der Waals surface area contributed by atoms with Crippen molar-refractivity contribution in [2.75, 3.05) is 120 Å². The first-order valence-corrected chi connectivity index (χ1v) is 14.0. The Morgan fingerprint density at radius 2 is 0.812 bits per heavy atom. The highest BCUT2D eigenvalue weighted by Gasteiger charge is 2.88. The minimum absolute atomic E-state index is 0.00866. The Labute approximate surface area is 268 Å². The molecule has 0 atom stereocenters. The first kappa shape index (κ1) is 46.0. The number of ether oxygens (including phenoxy) is 8. The van der Waals surface area contributed by atoms with Crippen molar-refractivity contribution in [1.29, 1.82) is 0 Å². The lowest BCUT2D eigenvalue weighted by Gasteiger charge is -2.36. The summed E-state index contributed by atoms with van der Waals surface area (Å²) in [5.74, 6) is -35.8. The second-order valence-electron chi connectivity index (χ2n) is 9.27. The first-order chi connectivity index (χ1) is 22.3. The van der Waals surface area contributed by atoms with Crippen molar-refractivity contribution in [2.45, 2.75) is 29.9 Å². The average molecular weight is 738 g/mol. The summed E-state index contributed by atoms with van der Waals surface area (Å²) in [6.07, 6.45) is -8.36. The van der Waals surface area contributed by atoms with E-state index in [0.717, 1.165) is 0 Å². The maximum atomic E-state index is 14.2. The van der Waals surface area contributed by atoms with Crippen LogP contribution in [0.1, 0.15) is 0 Å². The molecule has 0 aliphatic rings. The molecule has 0 aromatic heterocycles. The molecule has 0 heterocycles. The minimum atomic E-state index is -7.84. The van der Waals surface area contributed by atoms with Gasteiger partial charge in [-0.2, -0.15) is 48.3 Å². The third-order valence-electron chi connectivity index (χ3n) is 5.76. The number of methoxy groups -OCH3 is 2. The van der Waals surface area contributed by atoms with E-state index in [0.29, 0.717) is 31.3 Å². The van der Waals surface area contributed by atoms with Gasteiger partial charge >= 0.3 is 29.9 Å².